The maximum Gasteiger partial charge on any atom is 0.329 e. The summed E-state index contributed by atoms with van der Waals surface area (Å²) in [7, 11) is 2.99. The van der Waals surface area contributed by atoms with E-state index >= 15 is 0 Å². The number of hydrogen-bond acceptors (Lipinski definition) is 6. The van der Waals surface area contributed by atoms with Gasteiger partial charge in [-0.15, -0.1) is 0 Å². The molecule has 4 rings (SSSR count). The molecule has 1 heterocycles. The van der Waals surface area contributed by atoms with Crippen molar-refractivity contribution in [3.8, 4) is 17.2 Å². The fourth-order valence-corrected chi connectivity index (χ4v) is 4.06. The van der Waals surface area contributed by atoms with Gasteiger partial charge in [-0.05, 0) is 41.5 Å². The van der Waals surface area contributed by atoms with E-state index in [0.717, 1.165) is 10.5 Å². The van der Waals surface area contributed by atoms with Gasteiger partial charge in [-0.2, -0.15) is 0 Å². The van der Waals surface area contributed by atoms with Crippen molar-refractivity contribution in [2.75, 3.05) is 26.1 Å². The first kappa shape index (κ1) is 25.8. The van der Waals surface area contributed by atoms with E-state index < -0.39 is 24.4 Å². The summed E-state index contributed by atoms with van der Waals surface area (Å²) in [6.45, 7) is -0.110. The molecule has 4 amide bonds. The first-order valence-electron chi connectivity index (χ1n) is 11.2. The van der Waals surface area contributed by atoms with Crippen molar-refractivity contribution < 1.29 is 28.6 Å². The monoisotopic (exact) mass is 565 g/mol. The second-order valence-corrected chi connectivity index (χ2v) is 8.78. The lowest BCUT2D eigenvalue weighted by molar-refractivity contribution is -0.127. The largest absolute Gasteiger partial charge is 0.495 e. The molecule has 37 heavy (non-hydrogen) atoms. The van der Waals surface area contributed by atoms with Gasteiger partial charge in [0.2, 0.25) is 5.91 Å². The van der Waals surface area contributed by atoms with Gasteiger partial charge in [-0.25, -0.2) is 9.69 Å². The third-order valence-electron chi connectivity index (χ3n) is 5.47. The number of para-hydroxylation sites is 2. The van der Waals surface area contributed by atoms with E-state index in [9.17, 15) is 14.4 Å². The van der Waals surface area contributed by atoms with Crippen molar-refractivity contribution >= 4 is 45.5 Å². The molecule has 0 bridgehead atoms. The predicted molar refractivity (Wildman–Crippen MR) is 141 cm³/mol. The lowest BCUT2D eigenvalue weighted by atomic mass is 10.1. The number of imide groups is 1. The first-order valence-corrected chi connectivity index (χ1v) is 12.0. The fraction of sp³-hybridized carbons (Fsp3) is 0.148. The third kappa shape index (κ3) is 6.10. The number of anilines is 1. The lowest BCUT2D eigenvalue weighted by Crippen LogP contribution is -2.38. The van der Waals surface area contributed by atoms with Gasteiger partial charge < -0.3 is 24.8 Å². The van der Waals surface area contributed by atoms with Crippen molar-refractivity contribution in [2.24, 2.45) is 0 Å². The van der Waals surface area contributed by atoms with Crippen LogP contribution in [0.3, 0.4) is 0 Å². The van der Waals surface area contributed by atoms with Crippen LogP contribution in [0.25, 0.3) is 6.08 Å². The van der Waals surface area contributed by atoms with Gasteiger partial charge in [-0.3, -0.25) is 9.59 Å². The molecule has 1 fully saturated rings. The summed E-state index contributed by atoms with van der Waals surface area (Å²) in [6.07, 6.45) is 1.51. The Morgan fingerprint density at radius 1 is 0.973 bits per heavy atom. The van der Waals surface area contributed by atoms with E-state index in [2.05, 4.69) is 26.6 Å². The second-order valence-electron chi connectivity index (χ2n) is 7.93. The van der Waals surface area contributed by atoms with Crippen LogP contribution >= 0.6 is 15.9 Å². The molecule has 0 spiro atoms. The van der Waals surface area contributed by atoms with Crippen LogP contribution in [-0.2, 0) is 16.2 Å². The molecule has 1 aliphatic heterocycles. The summed E-state index contributed by atoms with van der Waals surface area (Å²) in [5.74, 6) is 0.253. The Morgan fingerprint density at radius 3 is 2.41 bits per heavy atom. The number of nitrogens with one attached hydrogen (secondary N) is 2. The van der Waals surface area contributed by atoms with E-state index in [0.29, 0.717) is 39.6 Å². The molecule has 0 atom stereocenters. The zero-order chi connectivity index (χ0) is 26.4. The standard InChI is InChI=1S/C27H24BrN3O6/c1-35-22-11-7-6-10-20(22)29-25(32)15-31-26(33)21(30-27(31)34)12-18-13-23(36-2)24(14-19(18)28)37-16-17-8-4-3-5-9-17/h3-14H,15-16H2,1-2H3,(H,29,32)(H,30,34)/b21-12+. The van der Waals surface area contributed by atoms with Gasteiger partial charge in [0.1, 0.15) is 24.6 Å². The van der Waals surface area contributed by atoms with Crippen LogP contribution < -0.4 is 24.8 Å². The number of benzene rings is 3. The summed E-state index contributed by atoms with van der Waals surface area (Å²) in [5, 5.41) is 5.17. The van der Waals surface area contributed by atoms with Crippen LogP contribution in [0.1, 0.15) is 11.1 Å². The molecule has 3 aromatic rings. The van der Waals surface area contributed by atoms with Gasteiger partial charge >= 0.3 is 6.03 Å². The number of urea groups is 1. The molecule has 1 saturated heterocycles. The molecule has 0 unspecified atom stereocenters. The normalized spacial score (nSPS) is 13.9. The molecule has 0 aliphatic carbocycles. The summed E-state index contributed by atoms with van der Waals surface area (Å²) in [5.41, 5.74) is 2.04. The van der Waals surface area contributed by atoms with Crippen molar-refractivity contribution in [1.29, 1.82) is 0 Å². The molecule has 0 aromatic heterocycles. The smallest absolute Gasteiger partial charge is 0.329 e. The van der Waals surface area contributed by atoms with Gasteiger partial charge in [0.25, 0.3) is 5.91 Å². The number of carbonyl (C=O) groups excluding carboxylic acids is 3. The maximum atomic E-state index is 12.9. The molecular weight excluding hydrogens is 542 g/mol. The minimum atomic E-state index is -0.697. The molecule has 3 aromatic carbocycles. The fourth-order valence-electron chi connectivity index (χ4n) is 3.62. The van der Waals surface area contributed by atoms with Crippen molar-refractivity contribution in [3.63, 3.8) is 0 Å². The zero-order valence-electron chi connectivity index (χ0n) is 20.1. The lowest BCUT2D eigenvalue weighted by Gasteiger charge is -2.14. The van der Waals surface area contributed by atoms with E-state index in [-0.39, 0.29) is 5.70 Å². The SMILES string of the molecule is COc1ccccc1NC(=O)CN1C(=O)N/C(=C/c2cc(OC)c(OCc3ccccc3)cc2Br)C1=O. The summed E-state index contributed by atoms with van der Waals surface area (Å²) < 4.78 is 17.2. The molecule has 10 heteroatoms. The van der Waals surface area contributed by atoms with Gasteiger partial charge in [0.15, 0.2) is 11.5 Å². The van der Waals surface area contributed by atoms with Crippen LogP contribution in [0.15, 0.2) is 76.9 Å². The highest BCUT2D eigenvalue weighted by molar-refractivity contribution is 9.10. The number of ether oxygens (including phenoxy) is 3. The highest BCUT2D eigenvalue weighted by Crippen LogP contribution is 2.35. The topological polar surface area (TPSA) is 106 Å². The van der Waals surface area contributed by atoms with Crippen molar-refractivity contribution in [1.82, 2.24) is 10.2 Å². The van der Waals surface area contributed by atoms with Gasteiger partial charge in [0.05, 0.1) is 19.9 Å². The van der Waals surface area contributed by atoms with Crippen molar-refractivity contribution in [2.45, 2.75) is 6.61 Å². The van der Waals surface area contributed by atoms with Crippen LogP contribution in [-0.4, -0.2) is 43.5 Å². The van der Waals surface area contributed by atoms with Gasteiger partial charge in [-0.1, -0.05) is 58.4 Å². The van der Waals surface area contributed by atoms with Crippen LogP contribution in [0.2, 0.25) is 0 Å². The minimum absolute atomic E-state index is 0.0239. The van der Waals surface area contributed by atoms with Crippen molar-refractivity contribution in [3.05, 3.63) is 88.0 Å². The summed E-state index contributed by atoms with van der Waals surface area (Å²) in [6, 6.07) is 19.3. The van der Waals surface area contributed by atoms with Gasteiger partial charge in [0, 0.05) is 4.47 Å². The first-order chi connectivity index (χ1) is 17.9. The number of amides is 4. The Bertz CT molecular complexity index is 1360. The number of methoxy groups -OCH3 is 2. The minimum Gasteiger partial charge on any atom is -0.495 e. The number of hydrogen-bond donors (Lipinski definition) is 2. The predicted octanol–water partition coefficient (Wildman–Crippen LogP) is 4.58. The Balaban J connectivity index is 1.47. The maximum absolute atomic E-state index is 12.9. The Kier molecular flexibility index (Phi) is 8.09. The van der Waals surface area contributed by atoms with E-state index in [1.54, 1.807) is 36.4 Å². The average molecular weight is 566 g/mol. The highest BCUT2D eigenvalue weighted by atomic mass is 79.9. The second kappa shape index (κ2) is 11.6. The van der Waals surface area contributed by atoms with E-state index in [1.165, 1.54) is 20.3 Å². The number of halogens is 1. The Hall–Kier alpha value is -4.31. The van der Waals surface area contributed by atoms with Crippen LogP contribution in [0, 0.1) is 0 Å². The Morgan fingerprint density at radius 2 is 1.68 bits per heavy atom. The average Bonchev–Trinajstić information content (AvgIpc) is 3.16. The quantitative estimate of drug-likeness (QED) is 0.290. The zero-order valence-corrected chi connectivity index (χ0v) is 21.7. The molecule has 0 radical (unpaired) electrons. The van der Waals surface area contributed by atoms with E-state index in [4.69, 9.17) is 14.2 Å². The molecule has 2 N–H and O–H groups in total. The molecule has 0 saturated carbocycles. The number of rotatable bonds is 9. The number of carbonyl (C=O) groups is 3. The summed E-state index contributed by atoms with van der Waals surface area (Å²) >= 11 is 3.49. The molecule has 190 valence electrons. The highest BCUT2D eigenvalue weighted by Gasteiger charge is 2.35. The Labute approximate surface area is 222 Å². The molecular formula is C27H24BrN3O6. The number of nitrogens with zero attached hydrogens (tertiary/aromatic N) is 1. The van der Waals surface area contributed by atoms with Crippen LogP contribution in [0.5, 0.6) is 17.2 Å². The van der Waals surface area contributed by atoms with Crippen LogP contribution in [0.4, 0.5) is 10.5 Å². The molecule has 9 nitrogen and oxygen atoms in total. The summed E-state index contributed by atoms with van der Waals surface area (Å²) in [4.78, 5) is 38.8. The van der Waals surface area contributed by atoms with E-state index in [1.807, 2.05) is 30.3 Å². The molecule has 1 aliphatic rings. The third-order valence-corrected chi connectivity index (χ3v) is 6.15.